The normalized spacial score (nSPS) is 9.79. The zero-order valence-electron chi connectivity index (χ0n) is 15.4. The Balaban J connectivity index is 0.00000196. The number of nitrogens with zero attached hydrogens (tertiary/aromatic N) is 1. The Bertz CT molecular complexity index is 848. The molecule has 1 N–H and O–H groups in total. The lowest BCUT2D eigenvalue weighted by atomic mass is 10.2. The highest BCUT2D eigenvalue weighted by atomic mass is 35.5. The Labute approximate surface area is 183 Å². The van der Waals surface area contributed by atoms with Crippen molar-refractivity contribution in [1.29, 1.82) is 0 Å². The number of halogens is 3. The Morgan fingerprint density at radius 3 is 2.32 bits per heavy atom. The SMILES string of the molecule is COc1cc(CNCc2ccncc2)ccc1OCc1ccccc1Cl.Cl.Cl. The molecule has 0 aliphatic carbocycles. The molecule has 0 bridgehead atoms. The smallest absolute Gasteiger partial charge is 0.161 e. The van der Waals surface area contributed by atoms with Crippen molar-refractivity contribution in [2.24, 2.45) is 0 Å². The molecule has 0 saturated carbocycles. The molecule has 0 aliphatic heterocycles. The lowest BCUT2D eigenvalue weighted by molar-refractivity contribution is 0.284. The number of ether oxygens (including phenoxy) is 2. The van der Waals surface area contributed by atoms with Crippen LogP contribution in [-0.2, 0) is 19.7 Å². The highest BCUT2D eigenvalue weighted by Crippen LogP contribution is 2.29. The first-order valence-corrected chi connectivity index (χ1v) is 8.77. The molecule has 0 radical (unpaired) electrons. The van der Waals surface area contributed by atoms with Crippen molar-refractivity contribution in [3.05, 3.63) is 88.7 Å². The molecule has 0 fully saturated rings. The number of rotatable bonds is 8. The van der Waals surface area contributed by atoms with Gasteiger partial charge in [0.2, 0.25) is 0 Å². The zero-order chi connectivity index (χ0) is 18.2. The van der Waals surface area contributed by atoms with E-state index in [1.807, 2.05) is 54.6 Å². The molecule has 7 heteroatoms. The molecule has 1 aromatic heterocycles. The minimum Gasteiger partial charge on any atom is -0.493 e. The fourth-order valence-corrected chi connectivity index (χ4v) is 2.75. The van der Waals surface area contributed by atoms with Gasteiger partial charge in [-0.15, -0.1) is 24.8 Å². The molecule has 0 aliphatic rings. The van der Waals surface area contributed by atoms with Crippen LogP contribution < -0.4 is 14.8 Å². The third-order valence-corrected chi connectivity index (χ3v) is 4.35. The molecule has 2 aromatic carbocycles. The van der Waals surface area contributed by atoms with Gasteiger partial charge >= 0.3 is 0 Å². The van der Waals surface area contributed by atoms with Crippen LogP contribution in [0.5, 0.6) is 11.5 Å². The van der Waals surface area contributed by atoms with Crippen molar-refractivity contribution >= 4 is 36.4 Å². The number of nitrogens with one attached hydrogen (secondary N) is 1. The molecule has 0 atom stereocenters. The molecule has 4 nitrogen and oxygen atoms in total. The van der Waals surface area contributed by atoms with E-state index in [0.29, 0.717) is 23.1 Å². The zero-order valence-corrected chi connectivity index (χ0v) is 17.8. The van der Waals surface area contributed by atoms with Crippen LogP contribution >= 0.6 is 36.4 Å². The molecule has 0 spiro atoms. The first-order valence-electron chi connectivity index (χ1n) is 8.39. The van der Waals surface area contributed by atoms with E-state index in [1.165, 1.54) is 5.56 Å². The van der Waals surface area contributed by atoms with Crippen LogP contribution in [0.3, 0.4) is 0 Å². The molecule has 28 heavy (non-hydrogen) atoms. The predicted molar refractivity (Wildman–Crippen MR) is 118 cm³/mol. The average molecular weight is 442 g/mol. The van der Waals surface area contributed by atoms with Crippen molar-refractivity contribution in [2.75, 3.05) is 7.11 Å². The number of hydrogen-bond acceptors (Lipinski definition) is 4. The summed E-state index contributed by atoms with van der Waals surface area (Å²) in [6.07, 6.45) is 3.59. The van der Waals surface area contributed by atoms with Gasteiger partial charge < -0.3 is 14.8 Å². The summed E-state index contributed by atoms with van der Waals surface area (Å²) in [4.78, 5) is 4.02. The Hall–Kier alpha value is -1.98. The van der Waals surface area contributed by atoms with E-state index in [1.54, 1.807) is 19.5 Å². The average Bonchev–Trinajstić information content (AvgIpc) is 2.68. The summed E-state index contributed by atoms with van der Waals surface area (Å²) in [7, 11) is 1.64. The number of aromatic nitrogens is 1. The maximum atomic E-state index is 6.17. The highest BCUT2D eigenvalue weighted by molar-refractivity contribution is 6.31. The number of methoxy groups -OCH3 is 1. The van der Waals surface area contributed by atoms with E-state index in [0.717, 1.165) is 24.2 Å². The number of benzene rings is 2. The maximum absolute atomic E-state index is 6.17. The van der Waals surface area contributed by atoms with Gasteiger partial charge in [0.1, 0.15) is 6.61 Å². The summed E-state index contributed by atoms with van der Waals surface area (Å²) < 4.78 is 11.4. The second-order valence-electron chi connectivity index (χ2n) is 5.82. The van der Waals surface area contributed by atoms with Gasteiger partial charge in [0.05, 0.1) is 7.11 Å². The van der Waals surface area contributed by atoms with Gasteiger partial charge in [-0.05, 0) is 41.5 Å². The van der Waals surface area contributed by atoms with Gasteiger partial charge in [-0.2, -0.15) is 0 Å². The van der Waals surface area contributed by atoms with E-state index in [4.69, 9.17) is 21.1 Å². The highest BCUT2D eigenvalue weighted by Gasteiger charge is 2.07. The lowest BCUT2D eigenvalue weighted by Crippen LogP contribution is -2.12. The van der Waals surface area contributed by atoms with Gasteiger partial charge in [-0.25, -0.2) is 0 Å². The molecule has 1 heterocycles. The largest absolute Gasteiger partial charge is 0.493 e. The van der Waals surface area contributed by atoms with Gasteiger partial charge in [-0.1, -0.05) is 35.9 Å². The predicted octanol–water partition coefficient (Wildman–Crippen LogP) is 5.46. The van der Waals surface area contributed by atoms with Crippen molar-refractivity contribution in [3.8, 4) is 11.5 Å². The monoisotopic (exact) mass is 440 g/mol. The molecule has 0 unspecified atom stereocenters. The van der Waals surface area contributed by atoms with Crippen LogP contribution in [0.1, 0.15) is 16.7 Å². The van der Waals surface area contributed by atoms with Crippen LogP contribution in [0.25, 0.3) is 0 Å². The van der Waals surface area contributed by atoms with Crippen molar-refractivity contribution in [1.82, 2.24) is 10.3 Å². The third kappa shape index (κ3) is 6.88. The molecule has 0 saturated heterocycles. The van der Waals surface area contributed by atoms with Gasteiger partial charge in [0, 0.05) is 36.1 Å². The van der Waals surface area contributed by atoms with Gasteiger partial charge in [-0.3, -0.25) is 4.98 Å². The molecule has 3 aromatic rings. The Morgan fingerprint density at radius 1 is 0.893 bits per heavy atom. The standard InChI is InChI=1S/C21H21ClN2O2.2ClH/c1-25-21-12-17(14-24-13-16-8-10-23-11-9-16)6-7-20(21)26-15-18-4-2-3-5-19(18)22;;/h2-12,24H,13-15H2,1H3;2*1H. The quantitative estimate of drug-likeness (QED) is 0.504. The third-order valence-electron chi connectivity index (χ3n) is 3.98. The van der Waals surface area contributed by atoms with Crippen LogP contribution in [0.2, 0.25) is 5.02 Å². The second kappa shape index (κ2) is 12.5. The summed E-state index contributed by atoms with van der Waals surface area (Å²) in [5.74, 6) is 1.41. The minimum absolute atomic E-state index is 0. The van der Waals surface area contributed by atoms with Crippen molar-refractivity contribution in [3.63, 3.8) is 0 Å². The molecule has 3 rings (SSSR count). The second-order valence-corrected chi connectivity index (χ2v) is 6.23. The molecule has 150 valence electrons. The summed E-state index contributed by atoms with van der Waals surface area (Å²) in [5.41, 5.74) is 3.27. The van der Waals surface area contributed by atoms with E-state index in [2.05, 4.69) is 10.3 Å². The van der Waals surface area contributed by atoms with Crippen LogP contribution in [0, 0.1) is 0 Å². The Kier molecular flexibility index (Phi) is 10.7. The van der Waals surface area contributed by atoms with E-state index in [-0.39, 0.29) is 24.8 Å². The lowest BCUT2D eigenvalue weighted by Gasteiger charge is -2.13. The number of pyridine rings is 1. The first-order chi connectivity index (χ1) is 12.8. The number of hydrogen-bond donors (Lipinski definition) is 1. The molecule has 0 amide bonds. The summed E-state index contributed by atoms with van der Waals surface area (Å²) >= 11 is 6.17. The molecular weight excluding hydrogens is 419 g/mol. The van der Waals surface area contributed by atoms with E-state index < -0.39 is 0 Å². The summed E-state index contributed by atoms with van der Waals surface area (Å²) in [5, 5.41) is 4.11. The van der Waals surface area contributed by atoms with Crippen molar-refractivity contribution < 1.29 is 9.47 Å². The fraction of sp³-hybridized carbons (Fsp3) is 0.190. The van der Waals surface area contributed by atoms with Crippen LogP contribution in [-0.4, -0.2) is 12.1 Å². The van der Waals surface area contributed by atoms with Crippen LogP contribution in [0.15, 0.2) is 67.0 Å². The fourth-order valence-electron chi connectivity index (χ4n) is 2.56. The maximum Gasteiger partial charge on any atom is 0.161 e. The molecular formula is C21H23Cl3N2O2. The topological polar surface area (TPSA) is 43.4 Å². The van der Waals surface area contributed by atoms with Gasteiger partial charge in [0.15, 0.2) is 11.5 Å². The van der Waals surface area contributed by atoms with E-state index >= 15 is 0 Å². The summed E-state index contributed by atoms with van der Waals surface area (Å²) in [6.45, 7) is 1.93. The Morgan fingerprint density at radius 2 is 1.61 bits per heavy atom. The van der Waals surface area contributed by atoms with Gasteiger partial charge in [0.25, 0.3) is 0 Å². The minimum atomic E-state index is 0. The van der Waals surface area contributed by atoms with Crippen LogP contribution in [0.4, 0.5) is 0 Å². The van der Waals surface area contributed by atoms with Crippen molar-refractivity contribution in [2.45, 2.75) is 19.7 Å². The van der Waals surface area contributed by atoms with E-state index in [9.17, 15) is 0 Å². The summed E-state index contributed by atoms with van der Waals surface area (Å²) in [6, 6.07) is 17.6. The first kappa shape index (κ1) is 24.1.